The Kier molecular flexibility index (Phi) is 5.25. The average Bonchev–Trinajstić information content (AvgIpc) is 2.94. The molecule has 5 nitrogen and oxygen atoms in total. The summed E-state index contributed by atoms with van der Waals surface area (Å²) in [6.45, 7) is 5.40. The lowest BCUT2D eigenvalue weighted by Gasteiger charge is -2.35. The minimum atomic E-state index is -0.835. The van der Waals surface area contributed by atoms with Crippen molar-refractivity contribution in [1.82, 2.24) is 9.88 Å². The van der Waals surface area contributed by atoms with Gasteiger partial charge in [0, 0.05) is 12.1 Å². The van der Waals surface area contributed by atoms with Crippen molar-refractivity contribution < 1.29 is 19.0 Å². The van der Waals surface area contributed by atoms with Crippen molar-refractivity contribution in [3.8, 4) is 0 Å². The van der Waals surface area contributed by atoms with Gasteiger partial charge in [0.25, 0.3) is 0 Å². The molecule has 1 aromatic rings. The van der Waals surface area contributed by atoms with Gasteiger partial charge in [0.05, 0.1) is 31.0 Å². The quantitative estimate of drug-likeness (QED) is 0.871. The molecule has 2 rings (SSSR count). The number of aliphatic carboxylic acids is 1. The fourth-order valence-electron chi connectivity index (χ4n) is 2.81. The van der Waals surface area contributed by atoms with E-state index in [1.807, 2.05) is 13.8 Å². The third-order valence-corrected chi connectivity index (χ3v) is 3.95. The Morgan fingerprint density at radius 3 is 2.90 bits per heavy atom. The number of ether oxygens (including phenoxy) is 1. The Morgan fingerprint density at radius 1 is 1.57 bits per heavy atom. The smallest absolute Gasteiger partial charge is 0.310 e. The molecule has 0 radical (unpaired) electrons. The van der Waals surface area contributed by atoms with Crippen molar-refractivity contribution in [3.63, 3.8) is 0 Å². The summed E-state index contributed by atoms with van der Waals surface area (Å²) in [4.78, 5) is 17.6. The first kappa shape index (κ1) is 15.9. The zero-order chi connectivity index (χ0) is 15.4. The zero-order valence-corrected chi connectivity index (χ0v) is 12.3. The van der Waals surface area contributed by atoms with Crippen LogP contribution in [0.5, 0.6) is 0 Å². The Balaban J connectivity index is 2.21. The van der Waals surface area contributed by atoms with E-state index in [9.17, 15) is 14.3 Å². The predicted octanol–water partition coefficient (Wildman–Crippen LogP) is 2.09. The molecule has 0 amide bonds. The summed E-state index contributed by atoms with van der Waals surface area (Å²) >= 11 is 0. The van der Waals surface area contributed by atoms with Crippen LogP contribution in [0.1, 0.15) is 32.0 Å². The van der Waals surface area contributed by atoms with Crippen LogP contribution in [0.3, 0.4) is 0 Å². The molecule has 0 aliphatic carbocycles. The number of carboxylic acids is 1. The van der Waals surface area contributed by atoms with E-state index in [2.05, 4.69) is 9.88 Å². The van der Waals surface area contributed by atoms with Crippen LogP contribution < -0.4 is 0 Å². The summed E-state index contributed by atoms with van der Waals surface area (Å²) < 4.78 is 18.4. The highest BCUT2D eigenvalue weighted by atomic mass is 19.1. The van der Waals surface area contributed by atoms with E-state index in [1.54, 1.807) is 6.07 Å². The summed E-state index contributed by atoms with van der Waals surface area (Å²) in [7, 11) is 0. The van der Waals surface area contributed by atoms with Crippen molar-refractivity contribution >= 4 is 5.97 Å². The van der Waals surface area contributed by atoms with Crippen LogP contribution >= 0.6 is 0 Å². The number of halogens is 1. The van der Waals surface area contributed by atoms with E-state index in [4.69, 9.17) is 4.74 Å². The van der Waals surface area contributed by atoms with Crippen LogP contribution in [0.2, 0.25) is 0 Å². The summed E-state index contributed by atoms with van der Waals surface area (Å²) in [6.07, 6.45) is 2.09. The van der Waals surface area contributed by atoms with Gasteiger partial charge in [0.15, 0.2) is 0 Å². The van der Waals surface area contributed by atoms with Gasteiger partial charge >= 0.3 is 5.97 Å². The van der Waals surface area contributed by atoms with Gasteiger partial charge in [0.2, 0.25) is 0 Å². The molecule has 0 saturated carbocycles. The molecule has 0 spiro atoms. The maximum atomic E-state index is 13.0. The van der Waals surface area contributed by atoms with E-state index in [0.717, 1.165) is 18.7 Å². The van der Waals surface area contributed by atoms with Crippen molar-refractivity contribution in [3.05, 3.63) is 29.8 Å². The van der Waals surface area contributed by atoms with E-state index >= 15 is 0 Å². The molecule has 1 saturated heterocycles. The summed E-state index contributed by atoms with van der Waals surface area (Å²) in [6, 6.07) is 2.76. The Hall–Kier alpha value is -1.53. The van der Waals surface area contributed by atoms with Gasteiger partial charge in [-0.15, -0.1) is 0 Å². The van der Waals surface area contributed by atoms with Gasteiger partial charge in [-0.1, -0.05) is 6.92 Å². The summed E-state index contributed by atoms with van der Waals surface area (Å²) in [5.41, 5.74) is 0.737. The Morgan fingerprint density at radius 2 is 2.33 bits per heavy atom. The van der Waals surface area contributed by atoms with Crippen molar-refractivity contribution in [1.29, 1.82) is 0 Å². The first-order valence-electron chi connectivity index (χ1n) is 7.22. The lowest BCUT2D eigenvalue weighted by molar-refractivity contribution is -0.143. The lowest BCUT2D eigenvalue weighted by Crippen LogP contribution is -2.45. The molecule has 1 N–H and O–H groups in total. The normalized spacial score (nSPS) is 23.4. The van der Waals surface area contributed by atoms with E-state index in [-0.39, 0.29) is 24.5 Å². The van der Waals surface area contributed by atoms with Gasteiger partial charge in [-0.25, -0.2) is 4.39 Å². The zero-order valence-electron chi connectivity index (χ0n) is 12.3. The van der Waals surface area contributed by atoms with Gasteiger partial charge in [-0.05, 0) is 32.0 Å². The predicted molar refractivity (Wildman–Crippen MR) is 75.3 cm³/mol. The molecule has 1 aromatic heterocycles. The summed E-state index contributed by atoms with van der Waals surface area (Å²) in [5.74, 6) is -1.74. The number of carboxylic acid groups (broad SMARTS) is 1. The van der Waals surface area contributed by atoms with Gasteiger partial charge in [-0.2, -0.15) is 0 Å². The second kappa shape index (κ2) is 6.95. The number of carbonyl (C=O) groups is 1. The topological polar surface area (TPSA) is 62.7 Å². The molecule has 6 heteroatoms. The fourth-order valence-corrected chi connectivity index (χ4v) is 2.81. The monoisotopic (exact) mass is 296 g/mol. The van der Waals surface area contributed by atoms with Crippen LogP contribution in [0, 0.1) is 11.7 Å². The third-order valence-electron chi connectivity index (χ3n) is 3.95. The van der Waals surface area contributed by atoms with E-state index < -0.39 is 11.9 Å². The molecule has 2 heterocycles. The number of hydrogen-bond acceptors (Lipinski definition) is 4. The molecule has 3 unspecified atom stereocenters. The number of pyridine rings is 1. The first-order chi connectivity index (χ1) is 10.0. The second-order valence-electron chi connectivity index (χ2n) is 5.36. The van der Waals surface area contributed by atoms with Gasteiger partial charge in [0.1, 0.15) is 5.82 Å². The molecule has 21 heavy (non-hydrogen) atoms. The molecule has 1 aliphatic heterocycles. The molecule has 1 aliphatic rings. The number of hydrogen-bond donors (Lipinski definition) is 1. The van der Waals surface area contributed by atoms with E-state index in [1.165, 1.54) is 12.3 Å². The van der Waals surface area contributed by atoms with Crippen LogP contribution in [0.25, 0.3) is 0 Å². The third kappa shape index (κ3) is 3.57. The standard InChI is InChI=1S/C15H21FN2O3/c1-3-6-18(14-9-21-8-12(14)15(19)20)10(2)13-5-4-11(16)7-17-13/h4-5,7,10,12,14H,3,6,8-9H2,1-2H3,(H,19,20). The van der Waals surface area contributed by atoms with Crippen molar-refractivity contribution in [2.75, 3.05) is 19.8 Å². The average molecular weight is 296 g/mol. The molecular formula is C15H21FN2O3. The number of rotatable bonds is 6. The van der Waals surface area contributed by atoms with Crippen LogP contribution in [0.4, 0.5) is 4.39 Å². The Bertz CT molecular complexity index is 480. The minimum Gasteiger partial charge on any atom is -0.481 e. The highest BCUT2D eigenvalue weighted by Gasteiger charge is 2.39. The molecule has 1 fully saturated rings. The SMILES string of the molecule is CCCN(C(C)c1ccc(F)cn1)C1COCC1C(=O)O. The largest absolute Gasteiger partial charge is 0.481 e. The highest BCUT2D eigenvalue weighted by Crippen LogP contribution is 2.28. The minimum absolute atomic E-state index is 0.0842. The number of nitrogens with zero attached hydrogens (tertiary/aromatic N) is 2. The highest BCUT2D eigenvalue weighted by molar-refractivity contribution is 5.71. The van der Waals surface area contributed by atoms with Crippen LogP contribution in [-0.4, -0.2) is 46.8 Å². The maximum absolute atomic E-state index is 13.0. The van der Waals surface area contributed by atoms with Crippen molar-refractivity contribution in [2.24, 2.45) is 5.92 Å². The summed E-state index contributed by atoms with van der Waals surface area (Å²) in [5, 5.41) is 9.32. The van der Waals surface area contributed by atoms with Gasteiger partial charge < -0.3 is 9.84 Å². The molecule has 3 atom stereocenters. The maximum Gasteiger partial charge on any atom is 0.310 e. The molecular weight excluding hydrogens is 275 g/mol. The molecule has 0 aromatic carbocycles. The van der Waals surface area contributed by atoms with E-state index in [0.29, 0.717) is 6.61 Å². The number of aromatic nitrogens is 1. The second-order valence-corrected chi connectivity index (χ2v) is 5.36. The fraction of sp³-hybridized carbons (Fsp3) is 0.600. The van der Waals surface area contributed by atoms with Gasteiger partial charge in [-0.3, -0.25) is 14.7 Å². The molecule has 116 valence electrons. The van der Waals surface area contributed by atoms with Crippen molar-refractivity contribution in [2.45, 2.75) is 32.4 Å². The van der Waals surface area contributed by atoms with Crippen LogP contribution in [0.15, 0.2) is 18.3 Å². The molecule has 0 bridgehead atoms. The first-order valence-corrected chi connectivity index (χ1v) is 7.22. The Labute approximate surface area is 123 Å². The lowest BCUT2D eigenvalue weighted by atomic mass is 9.99. The van der Waals surface area contributed by atoms with Crippen LogP contribution in [-0.2, 0) is 9.53 Å².